The fourth-order valence-electron chi connectivity index (χ4n) is 0.972. The van der Waals surface area contributed by atoms with Gasteiger partial charge in [-0.1, -0.05) is 6.92 Å². The van der Waals surface area contributed by atoms with Crippen molar-refractivity contribution in [2.24, 2.45) is 0 Å². The molecule has 0 spiro atoms. The lowest BCUT2D eigenvalue weighted by molar-refractivity contribution is 0.309. The first-order valence-corrected chi connectivity index (χ1v) is 5.23. The number of halogens is 1. The average molecular weight is 214 g/mol. The number of rotatable bonds is 6. The standard InChI is InChI=1S/C11H14ClO2/c1-2-7-13-10-4-3-5-11(9-10)14-8-6-12/h4-5,9H,2,6-8H2,1H3. The van der Waals surface area contributed by atoms with E-state index in [0.29, 0.717) is 19.1 Å². The van der Waals surface area contributed by atoms with Gasteiger partial charge in [-0.05, 0) is 24.6 Å². The molecule has 0 saturated heterocycles. The van der Waals surface area contributed by atoms with Gasteiger partial charge in [-0.15, -0.1) is 11.6 Å². The maximum Gasteiger partial charge on any atom is 0.123 e. The van der Waals surface area contributed by atoms with Gasteiger partial charge < -0.3 is 9.47 Å². The zero-order valence-corrected chi connectivity index (χ0v) is 9.01. The molecule has 0 fully saturated rings. The third-order valence-electron chi connectivity index (χ3n) is 1.55. The summed E-state index contributed by atoms with van der Waals surface area (Å²) >= 11 is 5.51. The zero-order valence-electron chi connectivity index (χ0n) is 8.25. The van der Waals surface area contributed by atoms with Crippen LogP contribution in [0.15, 0.2) is 18.2 Å². The van der Waals surface area contributed by atoms with E-state index in [1.807, 2.05) is 6.07 Å². The summed E-state index contributed by atoms with van der Waals surface area (Å²) in [6.07, 6.45) is 0.993. The summed E-state index contributed by atoms with van der Waals surface area (Å²) in [4.78, 5) is 0. The van der Waals surface area contributed by atoms with Gasteiger partial charge in [-0.3, -0.25) is 0 Å². The van der Waals surface area contributed by atoms with Crippen LogP contribution in [0, 0.1) is 6.07 Å². The lowest BCUT2D eigenvalue weighted by atomic mass is 10.3. The zero-order chi connectivity index (χ0) is 10.2. The van der Waals surface area contributed by atoms with E-state index in [9.17, 15) is 0 Å². The number of hydrogen-bond donors (Lipinski definition) is 0. The Morgan fingerprint density at radius 2 is 1.86 bits per heavy atom. The Morgan fingerprint density at radius 3 is 2.43 bits per heavy atom. The van der Waals surface area contributed by atoms with Gasteiger partial charge in [0.05, 0.1) is 12.5 Å². The smallest absolute Gasteiger partial charge is 0.123 e. The molecular weight excluding hydrogens is 200 g/mol. The third kappa shape index (κ3) is 3.88. The number of benzene rings is 1. The van der Waals surface area contributed by atoms with Gasteiger partial charge in [0.25, 0.3) is 0 Å². The lowest BCUT2D eigenvalue weighted by Crippen LogP contribution is -1.99. The van der Waals surface area contributed by atoms with Crippen LogP contribution in [-0.4, -0.2) is 19.1 Å². The molecule has 0 aliphatic rings. The molecule has 0 unspecified atom stereocenters. The monoisotopic (exact) mass is 213 g/mol. The van der Waals surface area contributed by atoms with Gasteiger partial charge in [0.1, 0.15) is 18.1 Å². The quantitative estimate of drug-likeness (QED) is 0.677. The van der Waals surface area contributed by atoms with Crippen molar-refractivity contribution in [1.82, 2.24) is 0 Å². The maximum absolute atomic E-state index is 5.51. The molecule has 0 saturated carbocycles. The van der Waals surface area contributed by atoms with Crippen molar-refractivity contribution in [3.63, 3.8) is 0 Å². The van der Waals surface area contributed by atoms with Gasteiger partial charge in [-0.2, -0.15) is 0 Å². The van der Waals surface area contributed by atoms with Crippen LogP contribution in [0.4, 0.5) is 0 Å². The summed E-state index contributed by atoms with van der Waals surface area (Å²) in [5, 5.41) is 0. The van der Waals surface area contributed by atoms with E-state index in [4.69, 9.17) is 21.1 Å². The highest BCUT2D eigenvalue weighted by Gasteiger charge is 1.96. The molecule has 1 aromatic carbocycles. The molecule has 0 heterocycles. The van der Waals surface area contributed by atoms with Gasteiger partial charge in [0.15, 0.2) is 0 Å². The van der Waals surface area contributed by atoms with E-state index < -0.39 is 0 Å². The van der Waals surface area contributed by atoms with Crippen LogP contribution in [0.1, 0.15) is 13.3 Å². The highest BCUT2D eigenvalue weighted by Crippen LogP contribution is 2.18. The van der Waals surface area contributed by atoms with Crippen molar-refractivity contribution in [2.45, 2.75) is 13.3 Å². The topological polar surface area (TPSA) is 18.5 Å². The Morgan fingerprint density at radius 1 is 1.21 bits per heavy atom. The highest BCUT2D eigenvalue weighted by molar-refractivity contribution is 6.17. The molecule has 2 nitrogen and oxygen atoms in total. The highest BCUT2D eigenvalue weighted by atomic mass is 35.5. The van der Waals surface area contributed by atoms with Crippen molar-refractivity contribution in [3.05, 3.63) is 24.3 Å². The molecule has 0 aliphatic carbocycles. The fraction of sp³-hybridized carbons (Fsp3) is 0.455. The van der Waals surface area contributed by atoms with Crippen LogP contribution < -0.4 is 9.47 Å². The Bertz CT molecular complexity index is 240. The predicted molar refractivity (Wildman–Crippen MR) is 57.3 cm³/mol. The minimum Gasteiger partial charge on any atom is -0.493 e. The first-order valence-electron chi connectivity index (χ1n) is 4.69. The minimum atomic E-state index is 0.486. The normalized spacial score (nSPS) is 9.86. The van der Waals surface area contributed by atoms with Crippen molar-refractivity contribution >= 4 is 11.6 Å². The van der Waals surface area contributed by atoms with Gasteiger partial charge in [-0.25, -0.2) is 0 Å². The SMILES string of the molecule is CCCOc1c[c]cc(OCCCl)c1. The average Bonchev–Trinajstić information content (AvgIpc) is 2.24. The molecule has 14 heavy (non-hydrogen) atoms. The molecule has 0 N–H and O–H groups in total. The summed E-state index contributed by atoms with van der Waals surface area (Å²) in [6, 6.07) is 8.36. The van der Waals surface area contributed by atoms with Crippen molar-refractivity contribution in [2.75, 3.05) is 19.1 Å². The molecule has 1 radical (unpaired) electrons. The molecular formula is C11H14ClO2. The molecule has 1 aromatic rings. The van der Waals surface area contributed by atoms with Gasteiger partial charge >= 0.3 is 0 Å². The Balaban J connectivity index is 2.50. The second-order valence-electron chi connectivity index (χ2n) is 2.79. The van der Waals surface area contributed by atoms with E-state index in [2.05, 4.69) is 13.0 Å². The number of ether oxygens (including phenoxy) is 2. The second-order valence-corrected chi connectivity index (χ2v) is 3.17. The molecule has 0 aliphatic heterocycles. The summed E-state index contributed by atoms with van der Waals surface area (Å²) < 4.78 is 10.8. The van der Waals surface area contributed by atoms with Crippen LogP contribution in [0.2, 0.25) is 0 Å². The Kier molecular flexibility index (Phi) is 5.23. The van der Waals surface area contributed by atoms with Crippen LogP contribution in [0.25, 0.3) is 0 Å². The van der Waals surface area contributed by atoms with Crippen LogP contribution in [-0.2, 0) is 0 Å². The van der Waals surface area contributed by atoms with Gasteiger partial charge in [0, 0.05) is 6.07 Å². The Hall–Kier alpha value is -0.890. The summed E-state index contributed by atoms with van der Waals surface area (Å²) in [7, 11) is 0. The molecule has 0 aromatic heterocycles. The summed E-state index contributed by atoms with van der Waals surface area (Å²) in [5.41, 5.74) is 0. The van der Waals surface area contributed by atoms with Gasteiger partial charge in [0.2, 0.25) is 0 Å². The second kappa shape index (κ2) is 6.55. The van der Waals surface area contributed by atoms with E-state index in [-0.39, 0.29) is 0 Å². The van der Waals surface area contributed by atoms with E-state index in [0.717, 1.165) is 17.9 Å². The summed E-state index contributed by atoms with van der Waals surface area (Å²) in [6.45, 7) is 3.29. The van der Waals surface area contributed by atoms with E-state index >= 15 is 0 Å². The third-order valence-corrected chi connectivity index (χ3v) is 1.71. The molecule has 0 amide bonds. The molecule has 77 valence electrons. The minimum absolute atomic E-state index is 0.486. The largest absolute Gasteiger partial charge is 0.493 e. The first-order chi connectivity index (χ1) is 6.86. The van der Waals surface area contributed by atoms with Crippen molar-refractivity contribution < 1.29 is 9.47 Å². The van der Waals surface area contributed by atoms with Crippen LogP contribution in [0.5, 0.6) is 11.5 Å². The molecule has 0 atom stereocenters. The fourth-order valence-corrected chi connectivity index (χ4v) is 1.05. The van der Waals surface area contributed by atoms with Crippen molar-refractivity contribution in [3.8, 4) is 11.5 Å². The number of hydrogen-bond acceptors (Lipinski definition) is 2. The predicted octanol–water partition coefficient (Wildman–Crippen LogP) is 2.89. The lowest BCUT2D eigenvalue weighted by Gasteiger charge is -2.07. The van der Waals surface area contributed by atoms with Crippen molar-refractivity contribution in [1.29, 1.82) is 0 Å². The first kappa shape index (κ1) is 11.2. The number of alkyl halides is 1. The van der Waals surface area contributed by atoms with E-state index in [1.165, 1.54) is 0 Å². The maximum atomic E-state index is 5.51. The Labute approximate surface area is 89.8 Å². The van der Waals surface area contributed by atoms with Crippen LogP contribution in [0.3, 0.4) is 0 Å². The summed E-state index contributed by atoms with van der Waals surface area (Å²) in [5.74, 6) is 2.03. The van der Waals surface area contributed by atoms with E-state index in [1.54, 1.807) is 12.1 Å². The van der Waals surface area contributed by atoms with Crippen LogP contribution >= 0.6 is 11.6 Å². The molecule has 3 heteroatoms. The molecule has 0 bridgehead atoms. The molecule has 1 rings (SSSR count).